The number of benzene rings is 2. The molecule has 4 atom stereocenters. The summed E-state index contributed by atoms with van der Waals surface area (Å²) in [4.78, 5) is 26.1. The highest BCUT2D eigenvalue weighted by molar-refractivity contribution is 5.84. The van der Waals surface area contributed by atoms with Crippen LogP contribution in [0.5, 0.6) is 0 Å². The molecule has 3 fully saturated rings. The van der Waals surface area contributed by atoms with E-state index in [0.29, 0.717) is 5.92 Å². The maximum Gasteiger partial charge on any atom is 0.411 e. The summed E-state index contributed by atoms with van der Waals surface area (Å²) in [7, 11) is 4.04. The van der Waals surface area contributed by atoms with E-state index in [1.165, 1.54) is 6.07 Å². The second-order valence-corrected chi connectivity index (χ2v) is 10.1. The molecule has 6 rings (SSSR count). The number of aryl methyl sites for hydroxylation is 1. The predicted octanol–water partition coefficient (Wildman–Crippen LogP) is 5.22. The van der Waals surface area contributed by atoms with Crippen LogP contribution in [0.15, 0.2) is 48.5 Å². The first-order valence-electron chi connectivity index (χ1n) is 12.5. The molecule has 2 bridgehead atoms. The minimum absolute atomic E-state index is 0.0970. The Labute approximate surface area is 215 Å². The Kier molecular flexibility index (Phi) is 7.06. The van der Waals surface area contributed by atoms with Crippen molar-refractivity contribution in [1.82, 2.24) is 14.9 Å². The highest BCUT2D eigenvalue weighted by Crippen LogP contribution is 2.42. The van der Waals surface area contributed by atoms with Gasteiger partial charge in [-0.1, -0.05) is 12.1 Å². The zero-order chi connectivity index (χ0) is 26.1. The molecule has 0 radical (unpaired) electrons. The molecule has 3 aliphatic rings. The number of piperidine rings is 3. The summed E-state index contributed by atoms with van der Waals surface area (Å²) in [6.45, 7) is 3.92. The third-order valence-electron chi connectivity index (χ3n) is 7.37. The van der Waals surface area contributed by atoms with Crippen molar-refractivity contribution in [2.24, 2.45) is 5.92 Å². The van der Waals surface area contributed by atoms with Crippen molar-refractivity contribution >= 4 is 17.5 Å². The van der Waals surface area contributed by atoms with E-state index in [2.05, 4.69) is 45.4 Å². The first kappa shape index (κ1) is 25.1. The molecule has 2 aromatic carbocycles. The van der Waals surface area contributed by atoms with Gasteiger partial charge in [0.1, 0.15) is 24.1 Å². The molecule has 37 heavy (non-hydrogen) atoms. The molecule has 9 heteroatoms. The Bertz CT molecular complexity index is 1280. The fraction of sp³-hybridized carbons (Fsp3) is 0.393. The highest BCUT2D eigenvalue weighted by Gasteiger charge is 2.42. The number of amides is 1. The number of hydrogen-bond donors (Lipinski definition) is 1. The summed E-state index contributed by atoms with van der Waals surface area (Å²) in [6.07, 6.45) is 1.20. The van der Waals surface area contributed by atoms with Crippen molar-refractivity contribution < 1.29 is 18.3 Å². The van der Waals surface area contributed by atoms with Gasteiger partial charge in [0, 0.05) is 55.6 Å². The van der Waals surface area contributed by atoms with Gasteiger partial charge in [-0.3, -0.25) is 10.2 Å². The third-order valence-corrected chi connectivity index (χ3v) is 7.37. The molecule has 194 valence electrons. The van der Waals surface area contributed by atoms with Gasteiger partial charge in [-0.2, -0.15) is 0 Å². The summed E-state index contributed by atoms with van der Waals surface area (Å²) in [5, 5.41) is 2.35. The van der Waals surface area contributed by atoms with Crippen LogP contribution in [0, 0.1) is 24.5 Å². The van der Waals surface area contributed by atoms with Gasteiger partial charge in [-0.25, -0.2) is 23.5 Å². The number of hydrogen-bond acceptors (Lipinski definition) is 6. The molecule has 4 unspecified atom stereocenters. The molecule has 1 amide bonds. The Morgan fingerprint density at radius 1 is 1.14 bits per heavy atom. The lowest BCUT2D eigenvalue weighted by Crippen LogP contribution is -2.54. The molecular weight excluding hydrogens is 476 g/mol. The normalized spacial score (nSPS) is 22.5. The number of nitrogens with zero attached hydrogens (tertiary/aromatic N) is 4. The van der Waals surface area contributed by atoms with Crippen molar-refractivity contribution in [1.29, 1.82) is 0 Å². The smallest absolute Gasteiger partial charge is 0.411 e. The number of carbonyl (C=O) groups excluding carboxylic acids is 1. The van der Waals surface area contributed by atoms with Gasteiger partial charge in [0.05, 0.1) is 11.4 Å². The molecule has 1 aromatic heterocycles. The molecular formula is C28H31F2N5O2. The quantitative estimate of drug-likeness (QED) is 0.493. The van der Waals surface area contributed by atoms with Crippen molar-refractivity contribution in [3.05, 3.63) is 71.7 Å². The molecule has 0 spiro atoms. The maximum atomic E-state index is 13.8. The van der Waals surface area contributed by atoms with Crippen LogP contribution in [-0.4, -0.2) is 60.8 Å². The van der Waals surface area contributed by atoms with Gasteiger partial charge >= 0.3 is 6.09 Å². The van der Waals surface area contributed by atoms with E-state index in [9.17, 15) is 13.6 Å². The van der Waals surface area contributed by atoms with E-state index in [-0.39, 0.29) is 24.3 Å². The van der Waals surface area contributed by atoms with Gasteiger partial charge < -0.3 is 9.64 Å². The fourth-order valence-electron chi connectivity index (χ4n) is 5.41. The van der Waals surface area contributed by atoms with E-state index < -0.39 is 17.7 Å². The second-order valence-electron chi connectivity index (χ2n) is 10.1. The second kappa shape index (κ2) is 10.4. The van der Waals surface area contributed by atoms with Crippen LogP contribution in [0.4, 0.5) is 25.0 Å². The molecule has 3 aromatic rings. The van der Waals surface area contributed by atoms with E-state index in [4.69, 9.17) is 14.7 Å². The van der Waals surface area contributed by atoms with Gasteiger partial charge in [-0.15, -0.1) is 0 Å². The molecule has 0 aliphatic carbocycles. The largest absolute Gasteiger partial charge is 0.448 e. The van der Waals surface area contributed by atoms with Gasteiger partial charge in [0.15, 0.2) is 0 Å². The number of halogens is 2. The molecule has 3 aliphatic heterocycles. The maximum absolute atomic E-state index is 13.8. The minimum atomic E-state index is -0.839. The lowest BCUT2D eigenvalue weighted by Gasteiger charge is -2.49. The molecule has 0 saturated carbocycles. The van der Waals surface area contributed by atoms with Crippen LogP contribution < -0.4 is 10.2 Å². The number of nitrogens with one attached hydrogen (secondary N) is 1. The summed E-state index contributed by atoms with van der Waals surface area (Å²) in [6, 6.07) is 13.6. The first-order chi connectivity index (χ1) is 17.8. The van der Waals surface area contributed by atoms with Gasteiger partial charge in [0.25, 0.3) is 0 Å². The SMILES string of the molecule is Cc1nc(-c2ccc(N(C)C)cc2)cc(C2CN3CCC2CC3COC(=O)Nc2ccc(F)cc2F)n1. The Hall–Kier alpha value is -3.59. The van der Waals surface area contributed by atoms with Gasteiger partial charge in [-0.05, 0) is 62.6 Å². The highest BCUT2D eigenvalue weighted by atomic mass is 19.1. The van der Waals surface area contributed by atoms with Crippen LogP contribution in [-0.2, 0) is 4.74 Å². The average Bonchev–Trinajstić information content (AvgIpc) is 2.89. The van der Waals surface area contributed by atoms with Gasteiger partial charge in [0.2, 0.25) is 0 Å². The fourth-order valence-corrected chi connectivity index (χ4v) is 5.41. The lowest BCUT2D eigenvalue weighted by atomic mass is 9.74. The first-order valence-corrected chi connectivity index (χ1v) is 12.5. The van der Waals surface area contributed by atoms with Crippen LogP contribution in [0.25, 0.3) is 11.3 Å². The number of fused-ring (bicyclic) bond motifs is 3. The Morgan fingerprint density at radius 3 is 2.59 bits per heavy atom. The Balaban J connectivity index is 1.23. The van der Waals surface area contributed by atoms with E-state index >= 15 is 0 Å². The number of rotatable bonds is 6. The molecule has 4 heterocycles. The van der Waals surface area contributed by atoms with Crippen molar-refractivity contribution in [2.45, 2.75) is 31.7 Å². The molecule has 7 nitrogen and oxygen atoms in total. The van der Waals surface area contributed by atoms with Crippen LogP contribution in [0.1, 0.15) is 30.3 Å². The van der Waals surface area contributed by atoms with Crippen LogP contribution in [0.3, 0.4) is 0 Å². The van der Waals surface area contributed by atoms with E-state index in [0.717, 1.165) is 66.5 Å². The number of ether oxygens (including phenoxy) is 1. The summed E-state index contributed by atoms with van der Waals surface area (Å²) in [5.41, 5.74) is 4.07. The lowest BCUT2D eigenvalue weighted by molar-refractivity contribution is -0.00152. The Morgan fingerprint density at radius 2 is 1.92 bits per heavy atom. The topological polar surface area (TPSA) is 70.6 Å². The average molecular weight is 508 g/mol. The monoisotopic (exact) mass is 507 g/mol. The summed E-state index contributed by atoms with van der Waals surface area (Å²) < 4.78 is 32.3. The number of aromatic nitrogens is 2. The third kappa shape index (κ3) is 5.56. The number of carbonyl (C=O) groups is 1. The van der Waals surface area contributed by atoms with Crippen molar-refractivity contribution in [3.63, 3.8) is 0 Å². The molecule has 3 saturated heterocycles. The van der Waals surface area contributed by atoms with E-state index in [1.54, 1.807) is 0 Å². The van der Waals surface area contributed by atoms with Crippen molar-refractivity contribution in [2.75, 3.05) is 44.0 Å². The van der Waals surface area contributed by atoms with Crippen LogP contribution in [0.2, 0.25) is 0 Å². The number of anilines is 2. The molecule has 1 N–H and O–H groups in total. The zero-order valence-corrected chi connectivity index (χ0v) is 21.2. The zero-order valence-electron chi connectivity index (χ0n) is 21.2. The summed E-state index contributed by atoms with van der Waals surface area (Å²) >= 11 is 0. The van der Waals surface area contributed by atoms with E-state index in [1.807, 2.05) is 21.0 Å². The minimum Gasteiger partial charge on any atom is -0.448 e. The summed E-state index contributed by atoms with van der Waals surface area (Å²) in [5.74, 6) is -0.0769. The predicted molar refractivity (Wildman–Crippen MR) is 139 cm³/mol. The van der Waals surface area contributed by atoms with Crippen molar-refractivity contribution in [3.8, 4) is 11.3 Å². The van der Waals surface area contributed by atoms with Crippen LogP contribution >= 0.6 is 0 Å². The standard InChI is InChI=1S/C28H31F2N5O2/c1-17-31-26(18-4-7-21(8-5-18)34(2)3)14-27(32-17)23-15-35-11-10-19(23)12-22(35)16-37-28(36)33-25-9-6-20(29)13-24(25)30/h4-9,13-14,19,22-23H,10-12,15-16H2,1-3H3,(H,33,36).